The van der Waals surface area contributed by atoms with Gasteiger partial charge in [-0.2, -0.15) is 18.2 Å². The second kappa shape index (κ2) is 9.20. The van der Waals surface area contributed by atoms with Crippen LogP contribution in [0.25, 0.3) is 17.2 Å². The fourth-order valence-electron chi connectivity index (χ4n) is 4.75. The van der Waals surface area contributed by atoms with Gasteiger partial charge in [-0.15, -0.1) is 0 Å². The molecule has 0 saturated carbocycles. The molecule has 0 bridgehead atoms. The Labute approximate surface area is 208 Å². The molecule has 1 aromatic carbocycles. The fourth-order valence-corrected chi connectivity index (χ4v) is 4.88. The van der Waals surface area contributed by atoms with Gasteiger partial charge in [0, 0.05) is 56.1 Å². The number of fused-ring (bicyclic) bond motifs is 2. The lowest BCUT2D eigenvalue weighted by atomic mass is 10.1. The highest BCUT2D eigenvalue weighted by molar-refractivity contribution is 6.30. The van der Waals surface area contributed by atoms with E-state index in [1.165, 1.54) is 16.2 Å². The van der Waals surface area contributed by atoms with Crippen LogP contribution in [0.3, 0.4) is 0 Å². The molecule has 1 N–H and O–H groups in total. The van der Waals surface area contributed by atoms with Crippen molar-refractivity contribution < 1.29 is 13.2 Å². The first-order valence-electron chi connectivity index (χ1n) is 11.5. The molecule has 36 heavy (non-hydrogen) atoms. The molecule has 1 unspecified atom stereocenters. The Hall–Kier alpha value is -3.47. The molecule has 8 nitrogen and oxygen atoms in total. The molecule has 1 atom stereocenters. The molecule has 2 aromatic heterocycles. The topological polar surface area (TPSA) is 77.1 Å². The standard InChI is InChI=1S/C24H24ClF3N6O2/c1-31-20-19(21(35)34(23(31)36)10-2-3-15-4-6-17(25)7-5-15)33(12-9-24(26,27)28)22(30-20)32-11-8-16-13-29-14-18(16)32/h2-7,14,16,29H,8-13H2,1H3. The van der Waals surface area contributed by atoms with E-state index < -0.39 is 30.4 Å². The number of benzene rings is 1. The summed E-state index contributed by atoms with van der Waals surface area (Å²) < 4.78 is 43.2. The van der Waals surface area contributed by atoms with Crippen molar-refractivity contribution in [3.63, 3.8) is 0 Å². The average molecular weight is 521 g/mol. The van der Waals surface area contributed by atoms with Gasteiger partial charge in [-0.25, -0.2) is 4.79 Å². The van der Waals surface area contributed by atoms with Crippen molar-refractivity contribution in [3.05, 3.63) is 73.7 Å². The maximum atomic E-state index is 13.5. The minimum Gasteiger partial charge on any atom is -0.389 e. The number of allylic oxidation sites excluding steroid dienone is 1. The first kappa shape index (κ1) is 24.2. The maximum absolute atomic E-state index is 13.5. The Bertz CT molecular complexity index is 1480. The van der Waals surface area contributed by atoms with Gasteiger partial charge in [0.05, 0.1) is 6.42 Å². The van der Waals surface area contributed by atoms with Crippen LogP contribution in [-0.4, -0.2) is 38.0 Å². The molecule has 1 fully saturated rings. The van der Waals surface area contributed by atoms with Gasteiger partial charge in [0.25, 0.3) is 5.56 Å². The minimum absolute atomic E-state index is 0.0220. The van der Waals surface area contributed by atoms with Crippen LogP contribution in [0.1, 0.15) is 18.4 Å². The minimum atomic E-state index is -4.42. The number of halogens is 4. The molecule has 0 aliphatic carbocycles. The van der Waals surface area contributed by atoms with Crippen molar-refractivity contribution in [2.24, 2.45) is 13.0 Å². The van der Waals surface area contributed by atoms with Crippen LogP contribution >= 0.6 is 11.6 Å². The van der Waals surface area contributed by atoms with Gasteiger partial charge in [0.1, 0.15) is 0 Å². The second-order valence-corrected chi connectivity index (χ2v) is 9.36. The summed E-state index contributed by atoms with van der Waals surface area (Å²) in [4.78, 5) is 32.9. The summed E-state index contributed by atoms with van der Waals surface area (Å²) in [5.74, 6) is 0.479. The van der Waals surface area contributed by atoms with Crippen LogP contribution in [0.4, 0.5) is 19.1 Å². The van der Waals surface area contributed by atoms with Gasteiger partial charge in [-0.3, -0.25) is 13.9 Å². The molecular formula is C24H24ClF3N6O2. The van der Waals surface area contributed by atoms with E-state index >= 15 is 0 Å². The Kier molecular flexibility index (Phi) is 6.19. The lowest BCUT2D eigenvalue weighted by Gasteiger charge is -2.20. The second-order valence-electron chi connectivity index (χ2n) is 8.93. The van der Waals surface area contributed by atoms with Crippen molar-refractivity contribution in [1.29, 1.82) is 0 Å². The number of alkyl halides is 3. The predicted molar refractivity (Wildman–Crippen MR) is 132 cm³/mol. The molecule has 0 amide bonds. The van der Waals surface area contributed by atoms with Crippen LogP contribution < -0.4 is 21.5 Å². The molecule has 4 heterocycles. The Morgan fingerprint density at radius 3 is 2.67 bits per heavy atom. The number of imidazole rings is 1. The largest absolute Gasteiger partial charge is 0.390 e. The number of aryl methyl sites for hydroxylation is 2. The van der Waals surface area contributed by atoms with Crippen molar-refractivity contribution in [1.82, 2.24) is 24.0 Å². The highest BCUT2D eigenvalue weighted by Crippen LogP contribution is 2.35. The van der Waals surface area contributed by atoms with Crippen LogP contribution in [0.5, 0.6) is 0 Å². The molecule has 12 heteroatoms. The summed E-state index contributed by atoms with van der Waals surface area (Å²) in [5, 5.41) is 3.74. The number of rotatable bonds is 6. The molecule has 5 rings (SSSR count). The first-order valence-corrected chi connectivity index (χ1v) is 11.9. The Morgan fingerprint density at radius 2 is 1.94 bits per heavy atom. The first-order chi connectivity index (χ1) is 17.1. The van der Waals surface area contributed by atoms with Gasteiger partial charge in [0.2, 0.25) is 5.95 Å². The van der Waals surface area contributed by atoms with E-state index in [-0.39, 0.29) is 29.6 Å². The Balaban J connectivity index is 1.60. The van der Waals surface area contributed by atoms with Crippen LogP contribution in [-0.2, 0) is 20.1 Å². The predicted octanol–water partition coefficient (Wildman–Crippen LogP) is 3.49. The van der Waals surface area contributed by atoms with Gasteiger partial charge < -0.3 is 14.8 Å². The molecule has 3 aromatic rings. The van der Waals surface area contributed by atoms with E-state index in [2.05, 4.69) is 10.3 Å². The van der Waals surface area contributed by atoms with E-state index in [1.54, 1.807) is 36.4 Å². The lowest BCUT2D eigenvalue weighted by molar-refractivity contribution is -0.136. The van der Waals surface area contributed by atoms with E-state index in [4.69, 9.17) is 11.6 Å². The zero-order valence-corrected chi connectivity index (χ0v) is 20.2. The van der Waals surface area contributed by atoms with Crippen LogP contribution in [0.15, 0.2) is 51.8 Å². The zero-order valence-electron chi connectivity index (χ0n) is 19.4. The summed E-state index contributed by atoms with van der Waals surface area (Å²) >= 11 is 5.90. The smallest absolute Gasteiger partial charge is 0.389 e. The van der Waals surface area contributed by atoms with Gasteiger partial charge in [-0.05, 0) is 24.1 Å². The van der Waals surface area contributed by atoms with Crippen LogP contribution in [0.2, 0.25) is 5.02 Å². The molecule has 0 spiro atoms. The normalized spacial score (nSPS) is 17.8. The third-order valence-corrected chi connectivity index (χ3v) is 6.84. The highest BCUT2D eigenvalue weighted by atomic mass is 35.5. The average Bonchev–Trinajstić information content (AvgIpc) is 3.53. The third-order valence-electron chi connectivity index (χ3n) is 6.59. The SMILES string of the molecule is Cn1c(=O)n(CC=Cc2ccc(Cl)cc2)c(=O)c2c1nc(N1CCC3CNC=C31)n2CCC(F)(F)F. The molecule has 190 valence electrons. The summed E-state index contributed by atoms with van der Waals surface area (Å²) in [6.45, 7) is 0.787. The highest BCUT2D eigenvalue weighted by Gasteiger charge is 2.36. The number of anilines is 1. The van der Waals surface area contributed by atoms with Crippen molar-refractivity contribution >= 4 is 34.8 Å². The molecule has 2 aliphatic rings. The number of nitrogens with one attached hydrogen (secondary N) is 1. The van der Waals surface area contributed by atoms with E-state index in [0.29, 0.717) is 11.6 Å². The number of hydrogen-bond donors (Lipinski definition) is 1. The van der Waals surface area contributed by atoms with E-state index in [1.807, 2.05) is 11.1 Å². The van der Waals surface area contributed by atoms with Crippen molar-refractivity contribution in [2.75, 3.05) is 18.0 Å². The van der Waals surface area contributed by atoms with Gasteiger partial charge >= 0.3 is 11.9 Å². The van der Waals surface area contributed by atoms with E-state index in [9.17, 15) is 22.8 Å². The summed E-state index contributed by atoms with van der Waals surface area (Å²) in [7, 11) is 1.47. The van der Waals surface area contributed by atoms with Crippen molar-refractivity contribution in [3.8, 4) is 0 Å². The molecule has 2 aliphatic heterocycles. The Morgan fingerprint density at radius 1 is 1.19 bits per heavy atom. The van der Waals surface area contributed by atoms with Crippen molar-refractivity contribution in [2.45, 2.75) is 32.1 Å². The summed E-state index contributed by atoms with van der Waals surface area (Å²) in [6.07, 6.45) is 0.497. The number of nitrogens with zero attached hydrogens (tertiary/aromatic N) is 5. The molecule has 1 saturated heterocycles. The molecular weight excluding hydrogens is 497 g/mol. The van der Waals surface area contributed by atoms with E-state index in [0.717, 1.165) is 28.8 Å². The van der Waals surface area contributed by atoms with Crippen LogP contribution in [0, 0.1) is 5.92 Å². The number of hydrogen-bond acceptors (Lipinski definition) is 5. The molecule has 0 radical (unpaired) electrons. The lowest BCUT2D eigenvalue weighted by Crippen LogP contribution is -2.39. The summed E-state index contributed by atoms with van der Waals surface area (Å²) in [6, 6.07) is 7.02. The van der Waals surface area contributed by atoms with Gasteiger partial charge in [0.15, 0.2) is 11.2 Å². The quantitative estimate of drug-likeness (QED) is 0.538. The summed E-state index contributed by atoms with van der Waals surface area (Å²) in [5.41, 5.74) is 0.520. The van der Waals surface area contributed by atoms with Gasteiger partial charge in [-0.1, -0.05) is 35.9 Å². The number of aromatic nitrogens is 4. The third kappa shape index (κ3) is 4.43. The fraction of sp³-hybridized carbons (Fsp3) is 0.375. The monoisotopic (exact) mass is 520 g/mol. The maximum Gasteiger partial charge on any atom is 0.390 e. The zero-order chi connectivity index (χ0) is 25.6.